The molecule has 7 heteroatoms. The van der Waals surface area contributed by atoms with Crippen LogP contribution >= 0.6 is 11.6 Å². The van der Waals surface area contributed by atoms with E-state index in [9.17, 15) is 9.59 Å². The summed E-state index contributed by atoms with van der Waals surface area (Å²) in [4.78, 5) is 21.9. The van der Waals surface area contributed by atoms with Gasteiger partial charge in [-0.15, -0.1) is 0 Å². The molecule has 0 heterocycles. The molecule has 0 fully saturated rings. The number of benzene rings is 1. The fourth-order valence-electron chi connectivity index (χ4n) is 1.35. The van der Waals surface area contributed by atoms with Crippen LogP contribution in [0.15, 0.2) is 12.1 Å². The lowest BCUT2D eigenvalue weighted by Crippen LogP contribution is -2.20. The Bertz CT molecular complexity index is 489. The molecule has 0 bridgehead atoms. The largest absolute Gasteiger partial charge is 0.493 e. The van der Waals surface area contributed by atoms with Crippen LogP contribution in [0.25, 0.3) is 0 Å². The number of nitrogens with one attached hydrogen (secondary N) is 1. The van der Waals surface area contributed by atoms with E-state index in [1.807, 2.05) is 0 Å². The highest BCUT2D eigenvalue weighted by molar-refractivity contribution is 6.32. The lowest BCUT2D eigenvalue weighted by Gasteiger charge is -2.12. The first-order valence-corrected chi connectivity index (χ1v) is 5.81. The summed E-state index contributed by atoms with van der Waals surface area (Å²) in [5.41, 5.74) is 0.000464. The molecule has 0 unspecified atom stereocenters. The lowest BCUT2D eigenvalue weighted by molar-refractivity contribution is -0.121. The number of methoxy groups -OCH3 is 1. The van der Waals surface area contributed by atoms with Gasteiger partial charge in [-0.2, -0.15) is 0 Å². The minimum atomic E-state index is -1.11. The summed E-state index contributed by atoms with van der Waals surface area (Å²) in [6.07, 6.45) is 0.163. The van der Waals surface area contributed by atoms with Gasteiger partial charge in [-0.05, 0) is 12.1 Å². The lowest BCUT2D eigenvalue weighted by atomic mass is 10.2. The van der Waals surface area contributed by atoms with Crippen molar-refractivity contribution in [2.24, 2.45) is 0 Å². The molecule has 0 aromatic heterocycles. The SMILES string of the molecule is CNC(=O)CCOc1c(Cl)cc(C(=O)O)cc1OC. The predicted octanol–water partition coefficient (Wildman–Crippen LogP) is 1.56. The van der Waals surface area contributed by atoms with Crippen LogP contribution in [-0.2, 0) is 4.79 Å². The first-order valence-electron chi connectivity index (χ1n) is 5.43. The van der Waals surface area contributed by atoms with Crippen molar-refractivity contribution in [2.45, 2.75) is 6.42 Å². The molecule has 104 valence electrons. The molecule has 0 spiro atoms. The highest BCUT2D eigenvalue weighted by Gasteiger charge is 2.15. The molecule has 6 nitrogen and oxygen atoms in total. The number of carboxylic acids is 1. The van der Waals surface area contributed by atoms with Crippen molar-refractivity contribution in [3.63, 3.8) is 0 Å². The third kappa shape index (κ3) is 4.03. The number of carbonyl (C=O) groups is 2. The Balaban J connectivity index is 2.88. The van der Waals surface area contributed by atoms with Gasteiger partial charge < -0.3 is 19.9 Å². The molecular formula is C12H14ClNO5. The first-order chi connectivity index (χ1) is 8.99. The van der Waals surface area contributed by atoms with Gasteiger partial charge in [-0.1, -0.05) is 11.6 Å². The minimum absolute atomic E-state index is 0.000464. The summed E-state index contributed by atoms with van der Waals surface area (Å²) in [5.74, 6) is -0.853. The molecule has 1 aromatic carbocycles. The van der Waals surface area contributed by atoms with Gasteiger partial charge in [-0.25, -0.2) is 4.79 Å². The Kier molecular flexibility index (Phi) is 5.44. The molecule has 1 aromatic rings. The van der Waals surface area contributed by atoms with Crippen LogP contribution in [0.2, 0.25) is 5.02 Å². The van der Waals surface area contributed by atoms with Crippen LogP contribution < -0.4 is 14.8 Å². The quantitative estimate of drug-likeness (QED) is 0.829. The van der Waals surface area contributed by atoms with E-state index in [1.54, 1.807) is 0 Å². The first kappa shape index (κ1) is 15.1. The van der Waals surface area contributed by atoms with E-state index in [-0.39, 0.29) is 41.0 Å². The molecule has 0 saturated heterocycles. The maximum Gasteiger partial charge on any atom is 0.335 e. The Hall–Kier alpha value is -1.95. The summed E-state index contributed by atoms with van der Waals surface area (Å²) in [6, 6.07) is 2.57. The molecule has 0 aliphatic rings. The predicted molar refractivity (Wildman–Crippen MR) is 69.1 cm³/mol. The highest BCUT2D eigenvalue weighted by atomic mass is 35.5. The maximum absolute atomic E-state index is 11.1. The molecule has 2 N–H and O–H groups in total. The Labute approximate surface area is 115 Å². The fraction of sp³-hybridized carbons (Fsp3) is 0.333. The van der Waals surface area contributed by atoms with Crippen molar-refractivity contribution in [3.05, 3.63) is 22.7 Å². The monoisotopic (exact) mass is 287 g/mol. The number of hydrogen-bond donors (Lipinski definition) is 2. The van der Waals surface area contributed by atoms with Gasteiger partial charge in [-0.3, -0.25) is 4.79 Å². The van der Waals surface area contributed by atoms with Crippen molar-refractivity contribution >= 4 is 23.5 Å². The maximum atomic E-state index is 11.1. The third-order valence-corrected chi connectivity index (χ3v) is 2.61. The summed E-state index contributed by atoms with van der Waals surface area (Å²) in [6.45, 7) is 0.113. The van der Waals surface area contributed by atoms with Crippen LogP contribution in [0.1, 0.15) is 16.8 Å². The van der Waals surface area contributed by atoms with Gasteiger partial charge in [0.2, 0.25) is 5.91 Å². The van der Waals surface area contributed by atoms with E-state index in [2.05, 4.69) is 5.32 Å². The van der Waals surface area contributed by atoms with E-state index in [0.717, 1.165) is 0 Å². The average molecular weight is 288 g/mol. The van der Waals surface area contributed by atoms with Gasteiger partial charge in [0.05, 0.1) is 30.7 Å². The van der Waals surface area contributed by atoms with Crippen molar-refractivity contribution < 1.29 is 24.2 Å². The topological polar surface area (TPSA) is 84.9 Å². The number of carbonyl (C=O) groups excluding carboxylic acids is 1. The van der Waals surface area contributed by atoms with Gasteiger partial charge in [0, 0.05) is 7.05 Å². The highest BCUT2D eigenvalue weighted by Crippen LogP contribution is 2.36. The molecule has 1 amide bonds. The molecule has 0 aliphatic carbocycles. The van der Waals surface area contributed by atoms with E-state index in [1.165, 1.54) is 26.3 Å². The number of halogens is 1. The number of ether oxygens (including phenoxy) is 2. The zero-order chi connectivity index (χ0) is 14.4. The molecular weight excluding hydrogens is 274 g/mol. The summed E-state index contributed by atoms with van der Waals surface area (Å²) >= 11 is 5.94. The van der Waals surface area contributed by atoms with Crippen molar-refractivity contribution in [1.29, 1.82) is 0 Å². The van der Waals surface area contributed by atoms with E-state index < -0.39 is 5.97 Å². The van der Waals surface area contributed by atoms with Crippen LogP contribution in [0, 0.1) is 0 Å². The molecule has 0 atom stereocenters. The fourth-order valence-corrected chi connectivity index (χ4v) is 1.62. The van der Waals surface area contributed by atoms with Crippen molar-refractivity contribution in [1.82, 2.24) is 5.32 Å². The Morgan fingerprint density at radius 3 is 2.63 bits per heavy atom. The van der Waals surface area contributed by atoms with Crippen LogP contribution in [0.4, 0.5) is 0 Å². The zero-order valence-electron chi connectivity index (χ0n) is 10.5. The second-order valence-corrected chi connectivity index (χ2v) is 3.97. The van der Waals surface area contributed by atoms with E-state index in [0.29, 0.717) is 0 Å². The van der Waals surface area contributed by atoms with E-state index in [4.69, 9.17) is 26.2 Å². The van der Waals surface area contributed by atoms with Crippen LogP contribution in [0.5, 0.6) is 11.5 Å². The smallest absolute Gasteiger partial charge is 0.335 e. The van der Waals surface area contributed by atoms with Crippen LogP contribution in [0.3, 0.4) is 0 Å². The van der Waals surface area contributed by atoms with Gasteiger partial charge >= 0.3 is 5.97 Å². The second kappa shape index (κ2) is 6.84. The zero-order valence-corrected chi connectivity index (χ0v) is 11.3. The number of hydrogen-bond acceptors (Lipinski definition) is 4. The van der Waals surface area contributed by atoms with Crippen molar-refractivity contribution in [2.75, 3.05) is 20.8 Å². The molecule has 0 radical (unpaired) electrons. The number of aromatic carboxylic acids is 1. The van der Waals surface area contributed by atoms with E-state index >= 15 is 0 Å². The summed E-state index contributed by atoms with van der Waals surface area (Å²) in [5, 5.41) is 11.5. The van der Waals surface area contributed by atoms with Crippen LogP contribution in [-0.4, -0.2) is 37.7 Å². The Morgan fingerprint density at radius 2 is 2.11 bits per heavy atom. The average Bonchev–Trinajstić information content (AvgIpc) is 2.39. The minimum Gasteiger partial charge on any atom is -0.493 e. The third-order valence-electron chi connectivity index (χ3n) is 2.33. The molecule has 1 rings (SSSR count). The Morgan fingerprint density at radius 1 is 1.42 bits per heavy atom. The molecule has 19 heavy (non-hydrogen) atoms. The molecule has 0 aliphatic heterocycles. The van der Waals surface area contributed by atoms with Gasteiger partial charge in [0.25, 0.3) is 0 Å². The normalized spacial score (nSPS) is 9.84. The summed E-state index contributed by atoms with van der Waals surface area (Å²) < 4.78 is 10.4. The number of carboxylic acid groups (broad SMARTS) is 1. The van der Waals surface area contributed by atoms with Gasteiger partial charge in [0.1, 0.15) is 0 Å². The van der Waals surface area contributed by atoms with Crippen molar-refractivity contribution in [3.8, 4) is 11.5 Å². The standard InChI is InChI=1S/C12H14ClNO5/c1-14-10(15)3-4-19-11-8(13)5-7(12(16)17)6-9(11)18-2/h5-6H,3-4H2,1-2H3,(H,14,15)(H,16,17). The summed E-state index contributed by atoms with van der Waals surface area (Å²) in [7, 11) is 2.90. The number of rotatable bonds is 6. The number of amides is 1. The molecule has 0 saturated carbocycles. The second-order valence-electron chi connectivity index (χ2n) is 3.57. The van der Waals surface area contributed by atoms with Gasteiger partial charge in [0.15, 0.2) is 11.5 Å².